The number of halogens is 5. The van der Waals surface area contributed by atoms with Gasteiger partial charge in [-0.05, 0) is 54.5 Å². The van der Waals surface area contributed by atoms with E-state index in [2.05, 4.69) is 25.9 Å². The molecule has 1 aliphatic rings. The highest BCUT2D eigenvalue weighted by Crippen LogP contribution is 2.50. The fraction of sp³-hybridized carbons (Fsp3) is 0.286. The number of aromatic amines is 1. The first-order chi connectivity index (χ1) is 16.1. The summed E-state index contributed by atoms with van der Waals surface area (Å²) in [5.74, 6) is -3.99. The number of nitrogens with one attached hydrogen (secondary N) is 2. The van der Waals surface area contributed by atoms with Crippen LogP contribution in [-0.2, 0) is 21.1 Å². The Labute approximate surface area is 188 Å². The lowest BCUT2D eigenvalue weighted by Crippen LogP contribution is -2.29. The smallest absolute Gasteiger partial charge is 0.416 e. The molecule has 1 amide bonds. The van der Waals surface area contributed by atoms with Gasteiger partial charge in [0.05, 0.1) is 17.6 Å². The predicted molar refractivity (Wildman–Crippen MR) is 106 cm³/mol. The van der Waals surface area contributed by atoms with Gasteiger partial charge in [-0.25, -0.2) is 18.7 Å². The maximum Gasteiger partial charge on any atom is 0.416 e. The molecule has 0 saturated heterocycles. The molecular weight excluding hydrogens is 465 g/mol. The number of hydrogen-bond donors (Lipinski definition) is 2. The molecule has 8 nitrogen and oxygen atoms in total. The van der Waals surface area contributed by atoms with E-state index in [4.69, 9.17) is 4.74 Å². The van der Waals surface area contributed by atoms with E-state index in [-0.39, 0.29) is 42.1 Å². The minimum atomic E-state index is -4.73. The lowest BCUT2D eigenvalue weighted by Gasteiger charge is -2.18. The summed E-state index contributed by atoms with van der Waals surface area (Å²) in [6, 6.07) is 4.08. The van der Waals surface area contributed by atoms with Gasteiger partial charge in [0.2, 0.25) is 5.91 Å². The molecule has 0 aliphatic heterocycles. The van der Waals surface area contributed by atoms with Gasteiger partial charge in [0, 0.05) is 16.8 Å². The molecule has 0 spiro atoms. The van der Waals surface area contributed by atoms with Crippen molar-refractivity contribution in [2.24, 2.45) is 0 Å². The lowest BCUT2D eigenvalue weighted by atomic mass is 9.93. The summed E-state index contributed by atoms with van der Waals surface area (Å²) in [5.41, 5.74) is -3.43. The average molecular weight is 481 g/mol. The number of aromatic nitrogens is 4. The summed E-state index contributed by atoms with van der Waals surface area (Å²) in [6.07, 6.45) is -4.37. The van der Waals surface area contributed by atoms with Crippen molar-refractivity contribution in [2.75, 3.05) is 11.9 Å². The van der Waals surface area contributed by atoms with Gasteiger partial charge in [-0.1, -0.05) is 6.07 Å². The van der Waals surface area contributed by atoms with Gasteiger partial charge in [0.15, 0.2) is 5.82 Å². The second-order valence-corrected chi connectivity index (χ2v) is 7.58. The van der Waals surface area contributed by atoms with Gasteiger partial charge in [0.25, 0.3) is 0 Å². The van der Waals surface area contributed by atoms with E-state index >= 15 is 0 Å². The molecule has 34 heavy (non-hydrogen) atoms. The number of carbonyl (C=O) groups is 2. The Balaban J connectivity index is 1.67. The topological polar surface area (TPSA) is 110 Å². The molecule has 1 saturated carbocycles. The molecule has 0 radical (unpaired) electrons. The quantitative estimate of drug-likeness (QED) is 0.407. The van der Waals surface area contributed by atoms with E-state index in [1.54, 1.807) is 0 Å². The first-order valence-corrected chi connectivity index (χ1v) is 10.0. The zero-order valence-corrected chi connectivity index (χ0v) is 17.5. The highest BCUT2D eigenvalue weighted by atomic mass is 19.4. The highest BCUT2D eigenvalue weighted by Gasteiger charge is 2.53. The minimum Gasteiger partial charge on any atom is -0.462 e. The van der Waals surface area contributed by atoms with Crippen LogP contribution in [0.5, 0.6) is 0 Å². The molecule has 4 rings (SSSR count). The van der Waals surface area contributed by atoms with Crippen LogP contribution in [0.1, 0.15) is 41.3 Å². The zero-order chi connectivity index (χ0) is 24.7. The Morgan fingerprint density at radius 2 is 1.88 bits per heavy atom. The number of amides is 1. The van der Waals surface area contributed by atoms with Crippen molar-refractivity contribution in [3.63, 3.8) is 0 Å². The normalized spacial score (nSPS) is 14.5. The van der Waals surface area contributed by atoms with Crippen LogP contribution >= 0.6 is 0 Å². The fourth-order valence-corrected chi connectivity index (χ4v) is 3.62. The first-order valence-electron chi connectivity index (χ1n) is 10.0. The van der Waals surface area contributed by atoms with Crippen LogP contribution in [0.25, 0.3) is 11.4 Å². The molecule has 13 heteroatoms. The lowest BCUT2D eigenvalue weighted by molar-refractivity contribution is -0.137. The second kappa shape index (κ2) is 8.47. The van der Waals surface area contributed by atoms with Gasteiger partial charge in [0.1, 0.15) is 17.2 Å². The second-order valence-electron chi connectivity index (χ2n) is 7.58. The minimum absolute atomic E-state index is 0.0218. The zero-order valence-electron chi connectivity index (χ0n) is 17.5. The number of ether oxygens (including phenoxy) is 1. The number of carbonyl (C=O) groups excluding carboxylic acids is 2. The predicted octanol–water partition coefficient (Wildman–Crippen LogP) is 4.01. The number of esters is 1. The van der Waals surface area contributed by atoms with E-state index in [1.807, 2.05) is 0 Å². The van der Waals surface area contributed by atoms with Crippen LogP contribution in [0.4, 0.5) is 27.6 Å². The van der Waals surface area contributed by atoms with Crippen molar-refractivity contribution >= 4 is 17.6 Å². The third kappa shape index (κ3) is 4.20. The maximum atomic E-state index is 14.9. The van der Waals surface area contributed by atoms with Crippen molar-refractivity contribution < 1.29 is 36.3 Å². The number of nitrogens with zero attached hydrogens (tertiary/aromatic N) is 3. The van der Waals surface area contributed by atoms with Gasteiger partial charge in [-0.3, -0.25) is 4.79 Å². The number of hydrogen-bond acceptors (Lipinski definition) is 6. The van der Waals surface area contributed by atoms with Crippen molar-refractivity contribution in [1.82, 2.24) is 20.6 Å². The summed E-state index contributed by atoms with van der Waals surface area (Å²) < 4.78 is 72.8. The molecular formula is C21H16F5N5O3. The Kier molecular flexibility index (Phi) is 5.79. The van der Waals surface area contributed by atoms with E-state index in [9.17, 15) is 31.5 Å². The Morgan fingerprint density at radius 1 is 1.15 bits per heavy atom. The molecule has 1 fully saturated rings. The Hall–Kier alpha value is -3.90. The summed E-state index contributed by atoms with van der Waals surface area (Å²) in [4.78, 5) is 25.3. The number of anilines is 1. The van der Waals surface area contributed by atoms with Crippen molar-refractivity contribution in [1.29, 1.82) is 0 Å². The molecule has 1 heterocycles. The van der Waals surface area contributed by atoms with E-state index in [0.717, 1.165) is 12.1 Å². The number of rotatable bonds is 6. The van der Waals surface area contributed by atoms with E-state index < -0.39 is 46.2 Å². The van der Waals surface area contributed by atoms with E-state index in [0.29, 0.717) is 12.1 Å². The number of H-pyrrole nitrogens is 1. The number of alkyl halides is 3. The van der Waals surface area contributed by atoms with Crippen LogP contribution in [-0.4, -0.2) is 39.1 Å². The van der Waals surface area contributed by atoms with Gasteiger partial charge in [-0.2, -0.15) is 13.2 Å². The molecule has 3 aromatic rings. The van der Waals surface area contributed by atoms with Crippen LogP contribution < -0.4 is 5.32 Å². The van der Waals surface area contributed by atoms with Crippen molar-refractivity contribution in [3.05, 3.63) is 58.7 Å². The van der Waals surface area contributed by atoms with Gasteiger partial charge >= 0.3 is 12.1 Å². The summed E-state index contributed by atoms with van der Waals surface area (Å²) >= 11 is 0. The first kappa shape index (κ1) is 23.3. The largest absolute Gasteiger partial charge is 0.462 e. The van der Waals surface area contributed by atoms with Crippen LogP contribution in [0.2, 0.25) is 0 Å². The highest BCUT2D eigenvalue weighted by molar-refractivity contribution is 6.03. The summed E-state index contributed by atoms with van der Waals surface area (Å²) in [5, 5.41) is 15.3. The molecule has 1 aliphatic carbocycles. The average Bonchev–Trinajstić information content (AvgIpc) is 3.38. The molecule has 0 unspecified atom stereocenters. The van der Waals surface area contributed by atoms with Crippen LogP contribution in [0.3, 0.4) is 0 Å². The fourth-order valence-electron chi connectivity index (χ4n) is 3.62. The molecule has 0 atom stereocenters. The molecule has 2 N–H and O–H groups in total. The monoisotopic (exact) mass is 481 g/mol. The SMILES string of the molecule is CCOC(=O)c1c(F)cc(NC(=O)C2(c3ccc(C(F)(F)F)cc3F)CC2)cc1-c1nnn[nH]1. The molecule has 2 aromatic carbocycles. The van der Waals surface area contributed by atoms with Crippen molar-refractivity contribution in [2.45, 2.75) is 31.4 Å². The third-order valence-electron chi connectivity index (χ3n) is 5.42. The summed E-state index contributed by atoms with van der Waals surface area (Å²) in [6.45, 7) is 1.52. The van der Waals surface area contributed by atoms with Crippen molar-refractivity contribution in [3.8, 4) is 11.4 Å². The Morgan fingerprint density at radius 3 is 2.44 bits per heavy atom. The number of tetrazole rings is 1. The molecule has 0 bridgehead atoms. The Bertz CT molecular complexity index is 1260. The standard InChI is InChI=1S/C21H16F5N5O3/c1-2-34-18(32)16-12(17-28-30-31-29-17)8-11(9-15(16)23)27-19(33)20(5-6-20)13-4-3-10(7-14(13)22)21(24,25)26/h3-4,7-9H,2,5-6H2,1H3,(H,27,33)(H,28,29,30,31). The third-order valence-corrected chi connectivity index (χ3v) is 5.42. The molecule has 1 aromatic heterocycles. The van der Waals surface area contributed by atoms with E-state index in [1.165, 1.54) is 13.0 Å². The summed E-state index contributed by atoms with van der Waals surface area (Å²) in [7, 11) is 0. The molecule has 178 valence electrons. The van der Waals surface area contributed by atoms with Crippen LogP contribution in [0.15, 0.2) is 30.3 Å². The maximum absolute atomic E-state index is 14.9. The van der Waals surface area contributed by atoms with Gasteiger partial charge < -0.3 is 10.1 Å². The van der Waals surface area contributed by atoms with Gasteiger partial charge in [-0.15, -0.1) is 5.10 Å². The number of benzene rings is 2. The van der Waals surface area contributed by atoms with Crippen LogP contribution in [0, 0.1) is 11.6 Å².